The molecule has 0 saturated heterocycles. The molecule has 0 aliphatic carbocycles. The second-order valence-corrected chi connectivity index (χ2v) is 6.57. The van der Waals surface area contributed by atoms with E-state index in [9.17, 15) is 14.7 Å². The molecular weight excluding hydrogens is 328 g/mol. The Morgan fingerprint density at radius 2 is 2.04 bits per heavy atom. The quantitative estimate of drug-likeness (QED) is 0.758. The molecule has 3 rings (SSSR count). The van der Waals surface area contributed by atoms with Gasteiger partial charge in [0.1, 0.15) is 10.8 Å². The van der Waals surface area contributed by atoms with Gasteiger partial charge in [-0.15, -0.1) is 21.5 Å². The Balaban J connectivity index is 1.97. The molecule has 0 spiro atoms. The van der Waals surface area contributed by atoms with Crippen LogP contribution in [0.3, 0.4) is 0 Å². The fourth-order valence-corrected chi connectivity index (χ4v) is 3.77. The highest BCUT2D eigenvalue weighted by Crippen LogP contribution is 2.33. The molecule has 3 aromatic rings. The fourth-order valence-electron chi connectivity index (χ4n) is 2.63. The van der Waals surface area contributed by atoms with Gasteiger partial charge in [-0.25, -0.2) is 4.79 Å². The van der Waals surface area contributed by atoms with Crippen LogP contribution in [0.2, 0.25) is 0 Å². The first kappa shape index (κ1) is 16.1. The van der Waals surface area contributed by atoms with Gasteiger partial charge in [0.2, 0.25) is 0 Å². The molecule has 7 nitrogen and oxygen atoms in total. The van der Waals surface area contributed by atoms with E-state index in [1.807, 2.05) is 13.8 Å². The topological polar surface area (TPSA) is 96.6 Å². The fraction of sp³-hybridized carbons (Fsp3) is 0.250. The number of rotatable bonds is 4. The standard InChI is InChI=1S/C16H16N4O3S/c1-4-11-8(2)24-15(13(11)16(22)23)17-14(21)10-5-6-12-19-18-9(3)20(12)7-10/h5-7H,4H2,1-3H3,(H,17,21)(H,22,23). The van der Waals surface area contributed by atoms with Crippen LogP contribution in [0.4, 0.5) is 5.00 Å². The Bertz CT molecular complexity index is 958. The summed E-state index contributed by atoms with van der Waals surface area (Å²) in [5, 5.41) is 20.5. The minimum absolute atomic E-state index is 0.176. The molecule has 0 saturated carbocycles. The van der Waals surface area contributed by atoms with Crippen molar-refractivity contribution in [2.24, 2.45) is 0 Å². The number of aryl methyl sites for hydroxylation is 2. The van der Waals surface area contributed by atoms with Gasteiger partial charge in [0, 0.05) is 11.1 Å². The highest BCUT2D eigenvalue weighted by Gasteiger charge is 2.22. The molecule has 1 amide bonds. The molecular formula is C16H16N4O3S. The van der Waals surface area contributed by atoms with Crippen LogP contribution in [0.15, 0.2) is 18.3 Å². The summed E-state index contributed by atoms with van der Waals surface area (Å²) < 4.78 is 1.71. The smallest absolute Gasteiger partial charge is 0.339 e. The van der Waals surface area contributed by atoms with Gasteiger partial charge in [-0.2, -0.15) is 0 Å². The number of fused-ring (bicyclic) bond motifs is 1. The van der Waals surface area contributed by atoms with E-state index in [0.29, 0.717) is 28.5 Å². The monoisotopic (exact) mass is 344 g/mol. The van der Waals surface area contributed by atoms with Crippen LogP contribution in [-0.2, 0) is 6.42 Å². The van der Waals surface area contributed by atoms with Gasteiger partial charge in [0.15, 0.2) is 5.65 Å². The number of nitrogens with zero attached hydrogens (tertiary/aromatic N) is 3. The molecule has 3 heterocycles. The number of nitrogens with one attached hydrogen (secondary N) is 1. The van der Waals surface area contributed by atoms with E-state index < -0.39 is 5.97 Å². The van der Waals surface area contributed by atoms with Crippen LogP contribution in [0, 0.1) is 13.8 Å². The van der Waals surface area contributed by atoms with Crippen LogP contribution in [0.25, 0.3) is 5.65 Å². The molecule has 0 aliphatic heterocycles. The van der Waals surface area contributed by atoms with Crippen molar-refractivity contribution >= 4 is 33.9 Å². The summed E-state index contributed by atoms with van der Waals surface area (Å²) in [4.78, 5) is 25.0. The van der Waals surface area contributed by atoms with Crippen molar-refractivity contribution in [2.45, 2.75) is 27.2 Å². The summed E-state index contributed by atoms with van der Waals surface area (Å²) in [6.07, 6.45) is 2.24. The van der Waals surface area contributed by atoms with E-state index in [4.69, 9.17) is 0 Å². The van der Waals surface area contributed by atoms with Crippen LogP contribution in [0.1, 0.15) is 43.9 Å². The third-order valence-electron chi connectivity index (χ3n) is 3.84. The summed E-state index contributed by atoms with van der Waals surface area (Å²) in [6, 6.07) is 3.34. The minimum Gasteiger partial charge on any atom is -0.478 e. The number of carboxylic acids is 1. The number of carbonyl (C=O) groups is 2. The van der Waals surface area contributed by atoms with E-state index in [-0.39, 0.29) is 11.5 Å². The van der Waals surface area contributed by atoms with Gasteiger partial charge in [0.05, 0.1) is 11.1 Å². The van der Waals surface area contributed by atoms with E-state index in [0.717, 1.165) is 10.4 Å². The van der Waals surface area contributed by atoms with Crippen molar-refractivity contribution in [3.63, 3.8) is 0 Å². The number of hydrogen-bond donors (Lipinski definition) is 2. The van der Waals surface area contributed by atoms with Gasteiger partial charge in [-0.3, -0.25) is 9.20 Å². The summed E-state index contributed by atoms with van der Waals surface area (Å²) in [5.41, 5.74) is 1.99. The molecule has 8 heteroatoms. The molecule has 0 fully saturated rings. The first-order chi connectivity index (χ1) is 11.4. The molecule has 0 radical (unpaired) electrons. The van der Waals surface area contributed by atoms with Gasteiger partial charge in [-0.05, 0) is 38.0 Å². The molecule has 24 heavy (non-hydrogen) atoms. The van der Waals surface area contributed by atoms with E-state index in [2.05, 4.69) is 15.5 Å². The van der Waals surface area contributed by atoms with Crippen molar-refractivity contribution in [3.05, 3.63) is 45.7 Å². The lowest BCUT2D eigenvalue weighted by Gasteiger charge is -2.06. The summed E-state index contributed by atoms with van der Waals surface area (Å²) >= 11 is 1.28. The number of pyridine rings is 1. The SMILES string of the molecule is CCc1c(C)sc(NC(=O)c2ccc3nnc(C)n3c2)c1C(=O)O. The van der Waals surface area contributed by atoms with Crippen LogP contribution in [0.5, 0.6) is 0 Å². The number of hydrogen-bond acceptors (Lipinski definition) is 5. The Kier molecular flexibility index (Phi) is 4.06. The zero-order chi connectivity index (χ0) is 17.4. The second kappa shape index (κ2) is 6.04. The second-order valence-electron chi connectivity index (χ2n) is 5.35. The zero-order valence-electron chi connectivity index (χ0n) is 13.5. The minimum atomic E-state index is -1.03. The number of anilines is 1. The Hall–Kier alpha value is -2.74. The Morgan fingerprint density at radius 1 is 1.29 bits per heavy atom. The maximum atomic E-state index is 12.5. The van der Waals surface area contributed by atoms with Crippen LogP contribution < -0.4 is 5.32 Å². The lowest BCUT2D eigenvalue weighted by molar-refractivity contribution is 0.0697. The molecule has 0 unspecified atom stereocenters. The lowest BCUT2D eigenvalue weighted by Crippen LogP contribution is -2.14. The molecule has 124 valence electrons. The molecule has 2 N–H and O–H groups in total. The van der Waals surface area contributed by atoms with Crippen molar-refractivity contribution in [3.8, 4) is 0 Å². The number of amides is 1. The number of aromatic carboxylic acids is 1. The van der Waals surface area contributed by atoms with Crippen molar-refractivity contribution in [1.82, 2.24) is 14.6 Å². The number of aromatic nitrogens is 3. The predicted molar refractivity (Wildman–Crippen MR) is 91.1 cm³/mol. The number of thiophene rings is 1. The number of carboxylic acid groups (broad SMARTS) is 1. The lowest BCUT2D eigenvalue weighted by atomic mass is 10.1. The third kappa shape index (κ3) is 2.65. The Labute approximate surface area is 142 Å². The predicted octanol–water partition coefficient (Wildman–Crippen LogP) is 2.92. The van der Waals surface area contributed by atoms with Crippen molar-refractivity contribution in [2.75, 3.05) is 5.32 Å². The van der Waals surface area contributed by atoms with Crippen LogP contribution in [-0.4, -0.2) is 31.6 Å². The molecule has 0 aromatic carbocycles. The van der Waals surface area contributed by atoms with E-state index >= 15 is 0 Å². The first-order valence-corrected chi connectivity index (χ1v) is 8.22. The van der Waals surface area contributed by atoms with E-state index in [1.165, 1.54) is 11.3 Å². The highest BCUT2D eigenvalue weighted by molar-refractivity contribution is 7.16. The maximum Gasteiger partial charge on any atom is 0.339 e. The van der Waals surface area contributed by atoms with E-state index in [1.54, 1.807) is 29.7 Å². The largest absolute Gasteiger partial charge is 0.478 e. The average molecular weight is 344 g/mol. The molecule has 0 aliphatic rings. The van der Waals surface area contributed by atoms with Gasteiger partial charge in [-0.1, -0.05) is 6.92 Å². The molecule has 0 bridgehead atoms. The van der Waals surface area contributed by atoms with Gasteiger partial charge < -0.3 is 10.4 Å². The normalized spacial score (nSPS) is 11.0. The number of carbonyl (C=O) groups excluding carboxylic acids is 1. The van der Waals surface area contributed by atoms with Crippen LogP contribution >= 0.6 is 11.3 Å². The van der Waals surface area contributed by atoms with Crippen molar-refractivity contribution in [1.29, 1.82) is 0 Å². The highest BCUT2D eigenvalue weighted by atomic mass is 32.1. The van der Waals surface area contributed by atoms with Gasteiger partial charge >= 0.3 is 5.97 Å². The summed E-state index contributed by atoms with van der Waals surface area (Å²) in [7, 11) is 0. The first-order valence-electron chi connectivity index (χ1n) is 7.40. The van der Waals surface area contributed by atoms with Gasteiger partial charge in [0.25, 0.3) is 5.91 Å². The maximum absolute atomic E-state index is 12.5. The van der Waals surface area contributed by atoms with Crippen molar-refractivity contribution < 1.29 is 14.7 Å². The summed E-state index contributed by atoms with van der Waals surface area (Å²) in [6.45, 7) is 5.55. The summed E-state index contributed by atoms with van der Waals surface area (Å²) in [5.74, 6) is -0.723. The average Bonchev–Trinajstić information content (AvgIpc) is 3.07. The zero-order valence-corrected chi connectivity index (χ0v) is 14.3. The molecule has 0 atom stereocenters. The Morgan fingerprint density at radius 3 is 2.71 bits per heavy atom. The molecule has 3 aromatic heterocycles. The third-order valence-corrected chi connectivity index (χ3v) is 4.90.